The van der Waals surface area contributed by atoms with E-state index in [2.05, 4.69) is 53.4 Å². The molecule has 17 heavy (non-hydrogen) atoms. The maximum Gasteiger partial charge on any atom is 0.104 e. The van der Waals surface area contributed by atoms with Crippen molar-refractivity contribution in [2.75, 3.05) is 6.54 Å². The highest BCUT2D eigenvalue weighted by Gasteiger charge is 2.40. The van der Waals surface area contributed by atoms with E-state index in [4.69, 9.17) is 9.47 Å². The monoisotopic (exact) mass is 241 g/mol. The molecule has 0 unspecified atom stereocenters. The molecule has 1 rings (SSSR count). The molecule has 100 valence electrons. The van der Waals surface area contributed by atoms with Gasteiger partial charge in [-0.2, -0.15) is 0 Å². The van der Waals surface area contributed by atoms with Gasteiger partial charge >= 0.3 is 0 Å². The molecule has 0 aromatic carbocycles. The van der Waals surface area contributed by atoms with Crippen LogP contribution in [-0.2, 0) is 9.47 Å². The second-order valence-electron chi connectivity index (χ2n) is 6.63. The molecule has 0 saturated carbocycles. The van der Waals surface area contributed by atoms with Crippen molar-refractivity contribution in [2.45, 2.75) is 71.0 Å². The minimum absolute atomic E-state index is 0.0340. The normalized spacial score (nSPS) is 30.6. The van der Waals surface area contributed by atoms with E-state index >= 15 is 0 Å². The van der Waals surface area contributed by atoms with Gasteiger partial charge in [-0.1, -0.05) is 6.08 Å². The summed E-state index contributed by atoms with van der Waals surface area (Å²) in [6.45, 7) is 17.1. The van der Waals surface area contributed by atoms with Crippen molar-refractivity contribution in [1.29, 1.82) is 0 Å². The Labute approximate surface area is 106 Å². The van der Waals surface area contributed by atoms with E-state index in [-0.39, 0.29) is 29.5 Å². The smallest absolute Gasteiger partial charge is 0.104 e. The maximum atomic E-state index is 6.10. The van der Waals surface area contributed by atoms with Gasteiger partial charge < -0.3 is 14.8 Å². The predicted octanol–water partition coefficient (Wildman–Crippen LogP) is 2.51. The summed E-state index contributed by atoms with van der Waals surface area (Å²) in [7, 11) is 0. The minimum Gasteiger partial charge on any atom is -0.369 e. The van der Waals surface area contributed by atoms with E-state index in [1.165, 1.54) is 0 Å². The third-order valence-corrected chi connectivity index (χ3v) is 2.52. The van der Waals surface area contributed by atoms with Crippen molar-refractivity contribution in [2.24, 2.45) is 0 Å². The van der Waals surface area contributed by atoms with Crippen molar-refractivity contribution in [3.05, 3.63) is 12.7 Å². The summed E-state index contributed by atoms with van der Waals surface area (Å²) in [5.74, 6) is 0. The van der Waals surface area contributed by atoms with E-state index in [1.54, 1.807) is 0 Å². The zero-order chi connectivity index (χ0) is 13.3. The van der Waals surface area contributed by atoms with Gasteiger partial charge in [-0.25, -0.2) is 0 Å². The van der Waals surface area contributed by atoms with E-state index < -0.39 is 0 Å². The summed E-state index contributed by atoms with van der Waals surface area (Å²) < 4.78 is 12.2. The Balaban J connectivity index is 2.73. The molecule has 3 heteroatoms. The minimum atomic E-state index is -0.169. The summed E-state index contributed by atoms with van der Waals surface area (Å²) >= 11 is 0. The summed E-state index contributed by atoms with van der Waals surface area (Å²) in [6, 6.07) is 0.168. The molecule has 1 heterocycles. The van der Waals surface area contributed by atoms with Crippen LogP contribution < -0.4 is 5.32 Å². The second-order valence-corrected chi connectivity index (χ2v) is 6.63. The van der Waals surface area contributed by atoms with Crippen LogP contribution in [-0.4, -0.2) is 36.0 Å². The molecule has 1 saturated heterocycles. The molecule has 0 spiro atoms. The number of hydrogen-bond donors (Lipinski definition) is 1. The van der Waals surface area contributed by atoms with Crippen LogP contribution >= 0.6 is 0 Å². The standard InChI is InChI=1S/C14H27NO2/c1-8-10-12(17-14(5,6)7)11(9-15-10)16-13(2,3)4/h8,10-12,15H,1,9H2,2-7H3/t10-,11-,12-/m0/s1. The molecular formula is C14H27NO2. The highest BCUT2D eigenvalue weighted by Crippen LogP contribution is 2.25. The molecule has 1 aliphatic heterocycles. The van der Waals surface area contributed by atoms with Crippen molar-refractivity contribution in [3.63, 3.8) is 0 Å². The van der Waals surface area contributed by atoms with Gasteiger partial charge in [0.15, 0.2) is 0 Å². The zero-order valence-corrected chi connectivity index (χ0v) is 12.0. The van der Waals surface area contributed by atoms with Crippen LogP contribution in [0.2, 0.25) is 0 Å². The van der Waals surface area contributed by atoms with Gasteiger partial charge in [0.1, 0.15) is 6.10 Å². The Morgan fingerprint density at radius 1 is 1.06 bits per heavy atom. The van der Waals surface area contributed by atoms with Crippen LogP contribution in [0.5, 0.6) is 0 Å². The van der Waals surface area contributed by atoms with Crippen molar-refractivity contribution in [1.82, 2.24) is 5.32 Å². The van der Waals surface area contributed by atoms with Crippen LogP contribution in [0.15, 0.2) is 12.7 Å². The first-order valence-corrected chi connectivity index (χ1v) is 6.34. The highest BCUT2D eigenvalue weighted by atomic mass is 16.6. The molecule has 0 amide bonds. The average Bonchev–Trinajstić information content (AvgIpc) is 2.43. The van der Waals surface area contributed by atoms with Crippen molar-refractivity contribution >= 4 is 0 Å². The quantitative estimate of drug-likeness (QED) is 0.770. The second kappa shape index (κ2) is 5.09. The fourth-order valence-electron chi connectivity index (χ4n) is 2.05. The molecule has 0 bridgehead atoms. The molecule has 3 atom stereocenters. The molecule has 1 N–H and O–H groups in total. The van der Waals surface area contributed by atoms with Crippen molar-refractivity contribution < 1.29 is 9.47 Å². The van der Waals surface area contributed by atoms with E-state index in [0.717, 1.165) is 6.54 Å². The van der Waals surface area contributed by atoms with Crippen LogP contribution in [0.1, 0.15) is 41.5 Å². The lowest BCUT2D eigenvalue weighted by molar-refractivity contribution is -0.147. The van der Waals surface area contributed by atoms with Crippen LogP contribution in [0.4, 0.5) is 0 Å². The third kappa shape index (κ3) is 4.78. The number of hydrogen-bond acceptors (Lipinski definition) is 3. The van der Waals surface area contributed by atoms with Gasteiger partial charge in [0.2, 0.25) is 0 Å². The number of nitrogens with one attached hydrogen (secondary N) is 1. The summed E-state index contributed by atoms with van der Waals surface area (Å²) in [5, 5.41) is 3.38. The average molecular weight is 241 g/mol. The molecule has 3 nitrogen and oxygen atoms in total. The predicted molar refractivity (Wildman–Crippen MR) is 71.2 cm³/mol. The first-order valence-electron chi connectivity index (χ1n) is 6.34. The fourth-order valence-corrected chi connectivity index (χ4v) is 2.05. The SMILES string of the molecule is C=C[C@@H]1NC[C@H](OC(C)(C)C)[C@H]1OC(C)(C)C. The van der Waals surface area contributed by atoms with Gasteiger partial charge in [-0.3, -0.25) is 0 Å². The van der Waals surface area contributed by atoms with Crippen LogP contribution in [0.3, 0.4) is 0 Å². The van der Waals surface area contributed by atoms with Crippen molar-refractivity contribution in [3.8, 4) is 0 Å². The van der Waals surface area contributed by atoms with Crippen LogP contribution in [0, 0.1) is 0 Å². The fraction of sp³-hybridized carbons (Fsp3) is 0.857. The largest absolute Gasteiger partial charge is 0.369 e. The highest BCUT2D eigenvalue weighted by molar-refractivity contribution is 5.03. The lowest BCUT2D eigenvalue weighted by atomic mass is 10.1. The Morgan fingerprint density at radius 2 is 1.59 bits per heavy atom. The molecular weight excluding hydrogens is 214 g/mol. The first kappa shape index (κ1) is 14.7. The Kier molecular flexibility index (Phi) is 4.39. The molecule has 0 radical (unpaired) electrons. The lowest BCUT2D eigenvalue weighted by Crippen LogP contribution is -2.43. The van der Waals surface area contributed by atoms with Gasteiger partial charge in [0.05, 0.1) is 23.3 Å². The molecule has 1 aliphatic rings. The number of rotatable bonds is 3. The molecule has 0 aromatic rings. The van der Waals surface area contributed by atoms with E-state index in [9.17, 15) is 0 Å². The number of ether oxygens (including phenoxy) is 2. The topological polar surface area (TPSA) is 30.5 Å². The Morgan fingerprint density at radius 3 is 2.00 bits per heavy atom. The Hall–Kier alpha value is -0.380. The molecule has 0 aromatic heterocycles. The first-order chi connectivity index (χ1) is 7.62. The summed E-state index contributed by atoms with van der Waals surface area (Å²) in [4.78, 5) is 0. The van der Waals surface area contributed by atoms with E-state index in [1.807, 2.05) is 6.08 Å². The maximum absolute atomic E-state index is 6.10. The van der Waals surface area contributed by atoms with Gasteiger partial charge in [-0.05, 0) is 41.5 Å². The Bertz CT molecular complexity index is 262. The third-order valence-electron chi connectivity index (χ3n) is 2.52. The van der Waals surface area contributed by atoms with Gasteiger partial charge in [0, 0.05) is 6.54 Å². The summed E-state index contributed by atoms with van der Waals surface area (Å²) in [6.07, 6.45) is 2.02. The zero-order valence-electron chi connectivity index (χ0n) is 12.0. The van der Waals surface area contributed by atoms with Crippen LogP contribution in [0.25, 0.3) is 0 Å². The summed E-state index contributed by atoms with van der Waals surface area (Å²) in [5.41, 5.74) is -0.320. The lowest BCUT2D eigenvalue weighted by Gasteiger charge is -2.33. The van der Waals surface area contributed by atoms with Gasteiger partial charge in [-0.15, -0.1) is 6.58 Å². The van der Waals surface area contributed by atoms with E-state index in [0.29, 0.717) is 0 Å². The molecule has 1 fully saturated rings. The van der Waals surface area contributed by atoms with Gasteiger partial charge in [0.25, 0.3) is 0 Å². The molecule has 0 aliphatic carbocycles.